The van der Waals surface area contributed by atoms with E-state index in [1.165, 1.54) is 11.8 Å². The van der Waals surface area contributed by atoms with Crippen LogP contribution in [0.4, 0.5) is 0 Å². The first-order chi connectivity index (χ1) is 15.7. The minimum atomic E-state index is -0.0600. The van der Waals surface area contributed by atoms with Crippen LogP contribution in [-0.2, 0) is 17.9 Å². The van der Waals surface area contributed by atoms with Gasteiger partial charge in [0.1, 0.15) is 0 Å². The van der Waals surface area contributed by atoms with E-state index < -0.39 is 0 Å². The van der Waals surface area contributed by atoms with Gasteiger partial charge in [-0.1, -0.05) is 76.6 Å². The van der Waals surface area contributed by atoms with Crippen LogP contribution in [0.1, 0.15) is 16.7 Å². The summed E-state index contributed by atoms with van der Waals surface area (Å²) in [7, 11) is 0. The first kappa shape index (κ1) is 20.8. The fourth-order valence-electron chi connectivity index (χ4n) is 3.46. The Labute approximate surface area is 198 Å². The Kier molecular flexibility index (Phi) is 6.01. The minimum absolute atomic E-state index is 0.0600. The standard InChI is InChI=1S/C25H19BrN2O3S/c26-20-13-22-21(30-16-31-22)11-19(20)12-23-24(29)28(15-18-9-5-2-6-10-18)25(32-23)27-14-17-7-3-1-4-8-17/h1-13H,14-16H2/b23-12-,27-25?. The molecule has 0 unspecified atom stereocenters. The van der Waals surface area contributed by atoms with Gasteiger partial charge in [0.2, 0.25) is 6.79 Å². The quantitative estimate of drug-likeness (QED) is 0.407. The molecule has 5 rings (SSSR count). The van der Waals surface area contributed by atoms with Gasteiger partial charge >= 0.3 is 0 Å². The van der Waals surface area contributed by atoms with Crippen LogP contribution in [0.3, 0.4) is 0 Å². The molecule has 160 valence electrons. The van der Waals surface area contributed by atoms with Gasteiger partial charge in [-0.25, -0.2) is 0 Å². The summed E-state index contributed by atoms with van der Waals surface area (Å²) < 4.78 is 11.8. The highest BCUT2D eigenvalue weighted by Crippen LogP contribution is 2.40. The Bertz CT molecular complexity index is 1210. The summed E-state index contributed by atoms with van der Waals surface area (Å²) in [5, 5.41) is 0.700. The van der Waals surface area contributed by atoms with E-state index in [0.717, 1.165) is 21.2 Å². The number of thioether (sulfide) groups is 1. The van der Waals surface area contributed by atoms with Crippen molar-refractivity contribution < 1.29 is 14.3 Å². The highest BCUT2D eigenvalue weighted by Gasteiger charge is 2.33. The number of aliphatic imine (C=N–C) groups is 1. The van der Waals surface area contributed by atoms with E-state index in [4.69, 9.17) is 14.5 Å². The van der Waals surface area contributed by atoms with E-state index in [0.29, 0.717) is 34.7 Å². The predicted octanol–water partition coefficient (Wildman–Crippen LogP) is 5.85. The SMILES string of the molecule is O=C1/C(=C/c2cc3c(cc2Br)OCO3)SC(=NCc2ccccc2)N1Cc1ccccc1. The van der Waals surface area contributed by atoms with Crippen molar-refractivity contribution in [3.8, 4) is 11.5 Å². The zero-order valence-electron chi connectivity index (χ0n) is 17.0. The highest BCUT2D eigenvalue weighted by atomic mass is 79.9. The number of hydrogen-bond acceptors (Lipinski definition) is 5. The largest absolute Gasteiger partial charge is 0.454 e. The van der Waals surface area contributed by atoms with E-state index in [1.807, 2.05) is 78.9 Å². The fraction of sp³-hybridized carbons (Fsp3) is 0.120. The van der Waals surface area contributed by atoms with Gasteiger partial charge in [0, 0.05) is 4.47 Å². The van der Waals surface area contributed by atoms with Crippen molar-refractivity contribution >= 4 is 44.8 Å². The fourth-order valence-corrected chi connectivity index (χ4v) is 4.86. The van der Waals surface area contributed by atoms with Crippen molar-refractivity contribution in [3.63, 3.8) is 0 Å². The third kappa shape index (κ3) is 4.45. The number of nitrogens with zero attached hydrogens (tertiary/aromatic N) is 2. The van der Waals surface area contributed by atoms with Crippen LogP contribution in [0.5, 0.6) is 11.5 Å². The van der Waals surface area contributed by atoms with E-state index >= 15 is 0 Å². The molecule has 0 atom stereocenters. The summed E-state index contributed by atoms with van der Waals surface area (Å²) in [6, 6.07) is 23.7. The van der Waals surface area contributed by atoms with Gasteiger partial charge < -0.3 is 9.47 Å². The molecule has 0 radical (unpaired) electrons. The van der Waals surface area contributed by atoms with Crippen molar-refractivity contribution in [3.05, 3.63) is 98.9 Å². The second kappa shape index (κ2) is 9.22. The average molecular weight is 507 g/mol. The third-order valence-corrected chi connectivity index (χ3v) is 6.82. The number of benzene rings is 3. The molecule has 0 bridgehead atoms. The molecule has 2 aliphatic heterocycles. The molecule has 0 aromatic heterocycles. The molecule has 2 aliphatic rings. The summed E-state index contributed by atoms with van der Waals surface area (Å²) in [4.78, 5) is 20.5. The van der Waals surface area contributed by atoms with Gasteiger partial charge in [0.25, 0.3) is 5.91 Å². The van der Waals surface area contributed by atoms with Crippen LogP contribution in [-0.4, -0.2) is 22.8 Å². The zero-order valence-corrected chi connectivity index (χ0v) is 19.4. The van der Waals surface area contributed by atoms with E-state index in [1.54, 1.807) is 4.90 Å². The maximum absolute atomic E-state index is 13.4. The molecule has 1 saturated heterocycles. The van der Waals surface area contributed by atoms with E-state index in [-0.39, 0.29) is 12.7 Å². The average Bonchev–Trinajstić information content (AvgIpc) is 3.38. The van der Waals surface area contributed by atoms with Gasteiger partial charge in [-0.3, -0.25) is 14.7 Å². The molecule has 32 heavy (non-hydrogen) atoms. The van der Waals surface area contributed by atoms with Crippen LogP contribution < -0.4 is 9.47 Å². The molecule has 7 heteroatoms. The zero-order chi connectivity index (χ0) is 21.9. The molecule has 1 fully saturated rings. The lowest BCUT2D eigenvalue weighted by Crippen LogP contribution is -2.28. The van der Waals surface area contributed by atoms with Crippen LogP contribution in [0.2, 0.25) is 0 Å². The number of hydrogen-bond donors (Lipinski definition) is 0. The summed E-state index contributed by atoms with van der Waals surface area (Å²) in [5.74, 6) is 1.31. The number of carbonyl (C=O) groups is 1. The molecule has 2 heterocycles. The van der Waals surface area contributed by atoms with Crippen molar-refractivity contribution in [1.29, 1.82) is 0 Å². The van der Waals surface area contributed by atoms with Gasteiger partial charge in [-0.2, -0.15) is 0 Å². The molecule has 0 aliphatic carbocycles. The highest BCUT2D eigenvalue weighted by molar-refractivity contribution is 9.10. The Morgan fingerprint density at radius 1 is 0.969 bits per heavy atom. The number of fused-ring (bicyclic) bond motifs is 1. The molecule has 0 spiro atoms. The molecule has 5 nitrogen and oxygen atoms in total. The van der Waals surface area contributed by atoms with E-state index in [2.05, 4.69) is 15.9 Å². The topological polar surface area (TPSA) is 51.1 Å². The van der Waals surface area contributed by atoms with Gasteiger partial charge in [0.15, 0.2) is 16.7 Å². The second-order valence-electron chi connectivity index (χ2n) is 7.30. The predicted molar refractivity (Wildman–Crippen MR) is 130 cm³/mol. The lowest BCUT2D eigenvalue weighted by molar-refractivity contribution is -0.122. The molecular formula is C25H19BrN2O3S. The number of carbonyl (C=O) groups excluding carboxylic acids is 1. The van der Waals surface area contributed by atoms with Gasteiger partial charge in [0.05, 0.1) is 18.0 Å². The Morgan fingerprint density at radius 2 is 1.62 bits per heavy atom. The maximum Gasteiger partial charge on any atom is 0.267 e. The summed E-state index contributed by atoms with van der Waals surface area (Å²) in [5.41, 5.74) is 3.01. The number of rotatable bonds is 5. The first-order valence-corrected chi connectivity index (χ1v) is 11.7. The lowest BCUT2D eigenvalue weighted by atomic mass is 10.1. The lowest BCUT2D eigenvalue weighted by Gasteiger charge is -2.15. The van der Waals surface area contributed by atoms with Crippen molar-refractivity contribution in [2.75, 3.05) is 6.79 Å². The van der Waals surface area contributed by atoms with Crippen molar-refractivity contribution in [2.45, 2.75) is 13.1 Å². The normalized spacial score (nSPS) is 17.5. The van der Waals surface area contributed by atoms with Gasteiger partial charge in [-0.15, -0.1) is 0 Å². The van der Waals surface area contributed by atoms with Crippen LogP contribution in [0.15, 0.2) is 87.2 Å². The van der Waals surface area contributed by atoms with Crippen LogP contribution >= 0.6 is 27.7 Å². The molecule has 3 aromatic carbocycles. The Balaban J connectivity index is 1.47. The summed E-state index contributed by atoms with van der Waals surface area (Å²) in [6.45, 7) is 1.19. The van der Waals surface area contributed by atoms with Crippen molar-refractivity contribution in [2.24, 2.45) is 4.99 Å². The first-order valence-electron chi connectivity index (χ1n) is 10.1. The Morgan fingerprint density at radius 3 is 2.34 bits per heavy atom. The summed E-state index contributed by atoms with van der Waals surface area (Å²) in [6.07, 6.45) is 1.88. The van der Waals surface area contributed by atoms with Crippen molar-refractivity contribution in [1.82, 2.24) is 4.90 Å². The van der Waals surface area contributed by atoms with Crippen LogP contribution in [0, 0.1) is 0 Å². The number of halogens is 1. The molecule has 1 amide bonds. The van der Waals surface area contributed by atoms with Crippen LogP contribution in [0.25, 0.3) is 6.08 Å². The molecular weight excluding hydrogens is 488 g/mol. The second-order valence-corrected chi connectivity index (χ2v) is 9.16. The number of ether oxygens (including phenoxy) is 2. The molecule has 0 saturated carbocycles. The maximum atomic E-state index is 13.4. The van der Waals surface area contributed by atoms with E-state index in [9.17, 15) is 4.79 Å². The smallest absolute Gasteiger partial charge is 0.267 e. The number of amides is 1. The van der Waals surface area contributed by atoms with Gasteiger partial charge in [-0.05, 0) is 46.7 Å². The minimum Gasteiger partial charge on any atom is -0.454 e. The monoisotopic (exact) mass is 506 g/mol. The Hall–Kier alpha value is -3.03. The molecule has 3 aromatic rings. The number of amidine groups is 1. The summed E-state index contributed by atoms with van der Waals surface area (Å²) >= 11 is 4.97. The molecule has 0 N–H and O–H groups in total. The third-order valence-electron chi connectivity index (χ3n) is 5.09.